The van der Waals surface area contributed by atoms with E-state index in [2.05, 4.69) is 5.32 Å². The van der Waals surface area contributed by atoms with Gasteiger partial charge >= 0.3 is 0 Å². The SMILES string of the molecule is O=C1CCCNCC1Cc1ccco1. The van der Waals surface area contributed by atoms with Gasteiger partial charge in [0.25, 0.3) is 0 Å². The highest BCUT2D eigenvalue weighted by Gasteiger charge is 2.21. The van der Waals surface area contributed by atoms with E-state index in [9.17, 15) is 4.79 Å². The minimum absolute atomic E-state index is 0.101. The second-order valence-corrected chi connectivity index (χ2v) is 3.75. The normalized spacial score (nSPS) is 23.4. The van der Waals surface area contributed by atoms with Crippen LogP contribution in [0.3, 0.4) is 0 Å². The molecule has 1 unspecified atom stereocenters. The predicted molar refractivity (Wildman–Crippen MR) is 53.0 cm³/mol. The average molecular weight is 193 g/mol. The van der Waals surface area contributed by atoms with E-state index >= 15 is 0 Å². The molecule has 1 saturated heterocycles. The smallest absolute Gasteiger partial charge is 0.137 e. The molecule has 1 aromatic heterocycles. The van der Waals surface area contributed by atoms with Crippen molar-refractivity contribution < 1.29 is 9.21 Å². The Labute approximate surface area is 83.5 Å². The van der Waals surface area contributed by atoms with Gasteiger partial charge in [-0.05, 0) is 25.1 Å². The van der Waals surface area contributed by atoms with Crippen molar-refractivity contribution in [3.63, 3.8) is 0 Å². The molecule has 1 aliphatic rings. The van der Waals surface area contributed by atoms with Crippen LogP contribution in [-0.4, -0.2) is 18.9 Å². The molecule has 0 amide bonds. The maximum Gasteiger partial charge on any atom is 0.137 e. The number of hydrogen-bond donors (Lipinski definition) is 1. The van der Waals surface area contributed by atoms with Gasteiger partial charge in [0, 0.05) is 25.3 Å². The van der Waals surface area contributed by atoms with Crippen molar-refractivity contribution >= 4 is 5.78 Å². The number of carbonyl (C=O) groups is 1. The van der Waals surface area contributed by atoms with Gasteiger partial charge in [-0.3, -0.25) is 4.79 Å². The second kappa shape index (κ2) is 4.42. The van der Waals surface area contributed by atoms with E-state index < -0.39 is 0 Å². The van der Waals surface area contributed by atoms with E-state index in [0.29, 0.717) is 12.2 Å². The van der Waals surface area contributed by atoms with E-state index in [-0.39, 0.29) is 5.92 Å². The highest BCUT2D eigenvalue weighted by atomic mass is 16.3. The predicted octanol–water partition coefficient (Wildman–Crippen LogP) is 1.39. The largest absolute Gasteiger partial charge is 0.469 e. The van der Waals surface area contributed by atoms with Gasteiger partial charge in [-0.1, -0.05) is 0 Å². The molecule has 0 bridgehead atoms. The molecule has 2 rings (SSSR count). The van der Waals surface area contributed by atoms with Crippen LogP contribution >= 0.6 is 0 Å². The molecule has 0 radical (unpaired) electrons. The molecule has 14 heavy (non-hydrogen) atoms. The summed E-state index contributed by atoms with van der Waals surface area (Å²) >= 11 is 0. The van der Waals surface area contributed by atoms with E-state index in [0.717, 1.165) is 31.7 Å². The first kappa shape index (κ1) is 9.46. The summed E-state index contributed by atoms with van der Waals surface area (Å²) < 4.78 is 5.25. The van der Waals surface area contributed by atoms with Gasteiger partial charge < -0.3 is 9.73 Å². The Morgan fingerprint density at radius 2 is 2.50 bits per heavy atom. The third-order valence-electron chi connectivity index (χ3n) is 2.65. The lowest BCUT2D eigenvalue weighted by molar-refractivity contribution is -0.122. The van der Waals surface area contributed by atoms with Crippen molar-refractivity contribution in [1.29, 1.82) is 0 Å². The molecular formula is C11H15NO2. The zero-order valence-corrected chi connectivity index (χ0v) is 8.16. The Morgan fingerprint density at radius 3 is 3.29 bits per heavy atom. The summed E-state index contributed by atoms with van der Waals surface area (Å²) in [5.74, 6) is 1.38. The van der Waals surface area contributed by atoms with Crippen LogP contribution in [-0.2, 0) is 11.2 Å². The van der Waals surface area contributed by atoms with Crippen LogP contribution in [0.4, 0.5) is 0 Å². The van der Waals surface area contributed by atoms with Crippen LogP contribution in [0, 0.1) is 5.92 Å². The zero-order chi connectivity index (χ0) is 9.80. The lowest BCUT2D eigenvalue weighted by atomic mass is 9.97. The first-order chi connectivity index (χ1) is 6.86. The summed E-state index contributed by atoms with van der Waals surface area (Å²) in [6.07, 6.45) is 4.06. The monoisotopic (exact) mass is 193 g/mol. The molecule has 1 fully saturated rings. The summed E-state index contributed by atoms with van der Waals surface area (Å²) in [4.78, 5) is 11.7. The number of hydrogen-bond acceptors (Lipinski definition) is 3. The number of rotatable bonds is 2. The molecule has 0 spiro atoms. The highest BCUT2D eigenvalue weighted by Crippen LogP contribution is 2.14. The molecule has 3 heteroatoms. The number of furan rings is 1. The van der Waals surface area contributed by atoms with Gasteiger partial charge in [-0.2, -0.15) is 0 Å². The van der Waals surface area contributed by atoms with Crippen LogP contribution in [0.25, 0.3) is 0 Å². The molecule has 1 atom stereocenters. The summed E-state index contributed by atoms with van der Waals surface area (Å²) in [7, 11) is 0. The summed E-state index contributed by atoms with van der Waals surface area (Å²) in [6, 6.07) is 3.79. The lowest BCUT2D eigenvalue weighted by Gasteiger charge is -2.10. The van der Waals surface area contributed by atoms with E-state index in [1.807, 2.05) is 12.1 Å². The van der Waals surface area contributed by atoms with Crippen molar-refractivity contribution in [2.24, 2.45) is 5.92 Å². The number of Topliss-reactive ketones (excluding diaryl/α,β-unsaturated/α-hetero) is 1. The molecule has 2 heterocycles. The fourth-order valence-corrected chi connectivity index (χ4v) is 1.84. The van der Waals surface area contributed by atoms with E-state index in [1.54, 1.807) is 6.26 Å². The van der Waals surface area contributed by atoms with Crippen molar-refractivity contribution in [1.82, 2.24) is 5.32 Å². The van der Waals surface area contributed by atoms with Crippen LogP contribution < -0.4 is 5.32 Å². The van der Waals surface area contributed by atoms with Gasteiger partial charge in [0.1, 0.15) is 11.5 Å². The fourth-order valence-electron chi connectivity index (χ4n) is 1.84. The Morgan fingerprint density at radius 1 is 1.57 bits per heavy atom. The van der Waals surface area contributed by atoms with Crippen LogP contribution in [0.15, 0.2) is 22.8 Å². The fraction of sp³-hybridized carbons (Fsp3) is 0.545. The molecule has 0 saturated carbocycles. The van der Waals surface area contributed by atoms with Gasteiger partial charge in [-0.25, -0.2) is 0 Å². The average Bonchev–Trinajstić information content (AvgIpc) is 2.60. The molecule has 0 aliphatic carbocycles. The first-order valence-electron chi connectivity index (χ1n) is 5.12. The minimum Gasteiger partial charge on any atom is -0.469 e. The van der Waals surface area contributed by atoms with E-state index in [4.69, 9.17) is 4.42 Å². The van der Waals surface area contributed by atoms with E-state index in [1.165, 1.54) is 0 Å². The van der Waals surface area contributed by atoms with Crippen LogP contribution in [0.1, 0.15) is 18.6 Å². The van der Waals surface area contributed by atoms with Gasteiger partial charge in [-0.15, -0.1) is 0 Å². The minimum atomic E-state index is 0.101. The molecule has 76 valence electrons. The molecular weight excluding hydrogens is 178 g/mol. The maximum absolute atomic E-state index is 11.7. The van der Waals surface area contributed by atoms with Crippen molar-refractivity contribution in [2.75, 3.05) is 13.1 Å². The Hall–Kier alpha value is -1.09. The number of ketones is 1. The zero-order valence-electron chi connectivity index (χ0n) is 8.16. The Kier molecular flexibility index (Phi) is 2.99. The molecule has 1 N–H and O–H groups in total. The highest BCUT2D eigenvalue weighted by molar-refractivity contribution is 5.81. The van der Waals surface area contributed by atoms with Crippen molar-refractivity contribution in [3.05, 3.63) is 24.2 Å². The third kappa shape index (κ3) is 2.23. The lowest BCUT2D eigenvalue weighted by Crippen LogP contribution is -2.26. The van der Waals surface area contributed by atoms with Gasteiger partial charge in [0.05, 0.1) is 6.26 Å². The molecule has 1 aromatic rings. The van der Waals surface area contributed by atoms with Crippen molar-refractivity contribution in [3.8, 4) is 0 Å². The Balaban J connectivity index is 1.98. The van der Waals surface area contributed by atoms with Crippen LogP contribution in [0.5, 0.6) is 0 Å². The molecule has 0 aromatic carbocycles. The second-order valence-electron chi connectivity index (χ2n) is 3.75. The van der Waals surface area contributed by atoms with Gasteiger partial charge in [0.15, 0.2) is 0 Å². The summed E-state index contributed by atoms with van der Waals surface area (Å²) in [5.41, 5.74) is 0. The van der Waals surface area contributed by atoms with Gasteiger partial charge in [0.2, 0.25) is 0 Å². The molecule has 3 nitrogen and oxygen atoms in total. The van der Waals surface area contributed by atoms with Crippen molar-refractivity contribution in [2.45, 2.75) is 19.3 Å². The number of carbonyl (C=O) groups excluding carboxylic acids is 1. The summed E-state index contributed by atoms with van der Waals surface area (Å²) in [5, 5.41) is 3.28. The topological polar surface area (TPSA) is 42.2 Å². The van der Waals surface area contributed by atoms with Crippen LogP contribution in [0.2, 0.25) is 0 Å². The molecule has 1 aliphatic heterocycles. The Bertz CT molecular complexity index is 292. The summed E-state index contributed by atoms with van der Waals surface area (Å²) in [6.45, 7) is 1.75. The standard InChI is InChI=1S/C11H15NO2/c13-11-4-1-5-12-8-9(11)7-10-3-2-6-14-10/h2-3,6,9,12H,1,4-5,7-8H2. The number of nitrogens with one attached hydrogen (secondary N) is 1. The quantitative estimate of drug-likeness (QED) is 0.771. The third-order valence-corrected chi connectivity index (χ3v) is 2.65. The maximum atomic E-state index is 11.7. The first-order valence-corrected chi connectivity index (χ1v) is 5.12.